The monoisotopic (exact) mass is 554 g/mol. The number of aromatic nitrogens is 2. The molecule has 6 rings (SSSR count). The van der Waals surface area contributed by atoms with Crippen LogP contribution in [0.25, 0.3) is 22.4 Å². The molecule has 204 valence electrons. The van der Waals surface area contributed by atoms with Crippen LogP contribution < -0.4 is 14.8 Å². The van der Waals surface area contributed by atoms with Crippen molar-refractivity contribution in [2.75, 3.05) is 6.79 Å². The van der Waals surface area contributed by atoms with Gasteiger partial charge in [-0.3, -0.25) is 9.78 Å². The van der Waals surface area contributed by atoms with Crippen molar-refractivity contribution in [1.29, 1.82) is 0 Å². The van der Waals surface area contributed by atoms with Gasteiger partial charge in [-0.15, -0.1) is 0 Å². The number of nitrogens with one attached hydrogen (secondary N) is 1. The first-order chi connectivity index (χ1) is 19.3. The third-order valence-electron chi connectivity index (χ3n) is 6.91. The van der Waals surface area contributed by atoms with Crippen molar-refractivity contribution >= 4 is 16.9 Å². The van der Waals surface area contributed by atoms with Gasteiger partial charge in [-0.2, -0.15) is 0 Å². The lowest BCUT2D eigenvalue weighted by molar-refractivity contribution is 0.0946. The lowest BCUT2D eigenvalue weighted by atomic mass is 9.98. The molecule has 2 aliphatic rings. The number of hydrogen-bond acceptors (Lipinski definition) is 6. The summed E-state index contributed by atoms with van der Waals surface area (Å²) in [6, 6.07) is 19.4. The molecule has 0 radical (unpaired) electrons. The fourth-order valence-electron chi connectivity index (χ4n) is 4.93. The Kier molecular flexibility index (Phi) is 6.85. The smallest absolute Gasteiger partial charge is 0.270 e. The van der Waals surface area contributed by atoms with Gasteiger partial charge in [0, 0.05) is 43.2 Å². The van der Waals surface area contributed by atoms with Crippen LogP contribution in [0.2, 0.25) is 0 Å². The van der Waals surface area contributed by atoms with E-state index in [0.717, 1.165) is 39.1 Å². The molecule has 0 bridgehead atoms. The molecule has 2 aliphatic heterocycles. The number of ether oxygens (including phenoxy) is 2. The lowest BCUT2D eigenvalue weighted by Gasteiger charge is -2.24. The number of pyridine rings is 2. The number of benzene rings is 2. The third-order valence-corrected chi connectivity index (χ3v) is 8.68. The van der Waals surface area contributed by atoms with E-state index in [1.54, 1.807) is 6.20 Å². The average Bonchev–Trinajstić information content (AvgIpc) is 3.62. The van der Waals surface area contributed by atoms with Gasteiger partial charge >= 0.3 is 0 Å². The molecular formula is C31H30N4O4S. The Labute approximate surface area is 236 Å². The second-order valence-corrected chi connectivity index (χ2v) is 13.1. The van der Waals surface area contributed by atoms with Gasteiger partial charge in [0.25, 0.3) is 5.91 Å². The van der Waals surface area contributed by atoms with E-state index in [1.807, 2.05) is 85.9 Å². The maximum absolute atomic E-state index is 13.4. The van der Waals surface area contributed by atoms with Gasteiger partial charge in [0.1, 0.15) is 16.7 Å². The van der Waals surface area contributed by atoms with E-state index in [1.165, 1.54) is 0 Å². The minimum Gasteiger partial charge on any atom is -0.454 e. The van der Waals surface area contributed by atoms with Crippen molar-refractivity contribution < 1.29 is 18.5 Å². The predicted molar refractivity (Wildman–Crippen MR) is 154 cm³/mol. The van der Waals surface area contributed by atoms with Crippen LogP contribution >= 0.6 is 0 Å². The summed E-state index contributed by atoms with van der Waals surface area (Å²) < 4.78 is 25.7. The molecule has 0 spiro atoms. The number of nitrogens with zero attached hydrogens (tertiary/aromatic N) is 3. The van der Waals surface area contributed by atoms with Crippen LogP contribution in [0, 0.1) is 0 Å². The number of hydrogen-bond donors (Lipinski definition) is 1. The van der Waals surface area contributed by atoms with Crippen molar-refractivity contribution in [2.24, 2.45) is 0 Å². The van der Waals surface area contributed by atoms with Gasteiger partial charge in [0.05, 0.1) is 10.4 Å². The highest BCUT2D eigenvalue weighted by molar-refractivity contribution is 7.84. The molecule has 1 atom stereocenters. The zero-order valence-corrected chi connectivity index (χ0v) is 23.5. The maximum atomic E-state index is 13.4. The summed E-state index contributed by atoms with van der Waals surface area (Å²) in [5, 5.41) is 2.99. The summed E-state index contributed by atoms with van der Waals surface area (Å²) >= 11 is 0. The summed E-state index contributed by atoms with van der Waals surface area (Å²) in [6.45, 7) is 7.41. The van der Waals surface area contributed by atoms with Crippen LogP contribution in [0.3, 0.4) is 0 Å². The summed E-state index contributed by atoms with van der Waals surface area (Å²) in [5.74, 6) is 1.09. The Balaban J connectivity index is 1.34. The molecule has 4 aromatic rings. The first-order valence-electron chi connectivity index (χ1n) is 13.1. The molecule has 8 nitrogen and oxygen atoms in total. The van der Waals surface area contributed by atoms with Crippen LogP contribution in [-0.4, -0.2) is 35.9 Å². The van der Waals surface area contributed by atoms with Crippen molar-refractivity contribution in [3.8, 4) is 33.9 Å². The van der Waals surface area contributed by atoms with Crippen molar-refractivity contribution in [2.45, 2.75) is 45.2 Å². The van der Waals surface area contributed by atoms with Crippen LogP contribution in [0.15, 0.2) is 73.1 Å². The topological polar surface area (TPSA) is 93.7 Å². The lowest BCUT2D eigenvalue weighted by Crippen LogP contribution is -2.34. The van der Waals surface area contributed by atoms with Gasteiger partial charge in [0.15, 0.2) is 11.5 Å². The SMILES string of the molecule is CC(C)(C)S(=O)N1Cc2cc(C(=O)NCc3ccc4c(c3)OCO4)nc(-c3cccc(-c4cccnc4)c3)c2C1. The molecule has 1 N–H and O–H groups in total. The molecule has 0 saturated heterocycles. The average molecular weight is 555 g/mol. The Morgan fingerprint density at radius 1 is 0.975 bits per heavy atom. The minimum atomic E-state index is -1.21. The van der Waals surface area contributed by atoms with E-state index < -0.39 is 15.7 Å². The zero-order valence-electron chi connectivity index (χ0n) is 22.6. The first-order valence-corrected chi connectivity index (χ1v) is 14.2. The van der Waals surface area contributed by atoms with E-state index in [0.29, 0.717) is 36.8 Å². The second-order valence-electron chi connectivity index (χ2n) is 10.8. The summed E-state index contributed by atoms with van der Waals surface area (Å²) in [4.78, 5) is 22.5. The number of rotatable bonds is 6. The summed E-state index contributed by atoms with van der Waals surface area (Å²) in [6.07, 6.45) is 3.57. The predicted octanol–water partition coefficient (Wildman–Crippen LogP) is 5.25. The van der Waals surface area contributed by atoms with Crippen molar-refractivity contribution in [3.63, 3.8) is 0 Å². The van der Waals surface area contributed by atoms with Crippen LogP contribution in [-0.2, 0) is 30.6 Å². The Morgan fingerprint density at radius 3 is 2.58 bits per heavy atom. The van der Waals surface area contributed by atoms with E-state index in [4.69, 9.17) is 14.5 Å². The number of amides is 1. The van der Waals surface area contributed by atoms with Gasteiger partial charge in [-0.05, 0) is 73.4 Å². The molecule has 4 heterocycles. The van der Waals surface area contributed by atoms with Crippen LogP contribution in [0.1, 0.15) is 48.0 Å². The first kappa shape index (κ1) is 26.2. The molecule has 1 unspecified atom stereocenters. The van der Waals surface area contributed by atoms with E-state index in [2.05, 4.69) is 16.4 Å². The van der Waals surface area contributed by atoms with Gasteiger partial charge in [0.2, 0.25) is 6.79 Å². The second kappa shape index (κ2) is 10.5. The normalized spacial score (nSPS) is 15.1. The quantitative estimate of drug-likeness (QED) is 0.350. The molecule has 9 heteroatoms. The number of fused-ring (bicyclic) bond motifs is 2. The minimum absolute atomic E-state index is 0.200. The standard InChI is InChI=1S/C31H30N4O4S/c1-31(2,3)40(37)35-17-24-14-26(30(36)33-15-20-9-10-27-28(12-20)39-19-38-27)34-29(25(24)18-35)22-7-4-6-21(13-22)23-8-5-11-32-16-23/h4-14,16H,15,17-19H2,1-3H3,(H,33,36). The molecule has 40 heavy (non-hydrogen) atoms. The fraction of sp³-hybridized carbons (Fsp3) is 0.258. The largest absolute Gasteiger partial charge is 0.454 e. The summed E-state index contributed by atoms with van der Waals surface area (Å²) in [7, 11) is -1.21. The fourth-order valence-corrected chi connectivity index (χ4v) is 6.20. The van der Waals surface area contributed by atoms with E-state index in [-0.39, 0.29) is 12.7 Å². The summed E-state index contributed by atoms with van der Waals surface area (Å²) in [5.41, 5.74) is 6.80. The van der Waals surface area contributed by atoms with E-state index in [9.17, 15) is 9.00 Å². The molecule has 0 aliphatic carbocycles. The van der Waals surface area contributed by atoms with Gasteiger partial charge in [-0.25, -0.2) is 13.5 Å². The molecular weight excluding hydrogens is 524 g/mol. The van der Waals surface area contributed by atoms with E-state index >= 15 is 0 Å². The van der Waals surface area contributed by atoms with Gasteiger partial charge in [-0.1, -0.05) is 30.3 Å². The molecule has 2 aromatic heterocycles. The number of carbonyl (C=O) groups excluding carboxylic acids is 1. The van der Waals surface area contributed by atoms with Gasteiger partial charge < -0.3 is 14.8 Å². The Morgan fingerprint density at radius 2 is 1.77 bits per heavy atom. The third kappa shape index (κ3) is 5.22. The van der Waals surface area contributed by atoms with Crippen LogP contribution in [0.4, 0.5) is 0 Å². The molecule has 1 amide bonds. The Bertz CT molecular complexity index is 1620. The van der Waals surface area contributed by atoms with Crippen molar-refractivity contribution in [1.82, 2.24) is 19.6 Å². The maximum Gasteiger partial charge on any atom is 0.270 e. The highest BCUT2D eigenvalue weighted by Crippen LogP contribution is 2.36. The zero-order chi connectivity index (χ0) is 27.9. The van der Waals surface area contributed by atoms with Crippen molar-refractivity contribution in [3.05, 3.63) is 95.4 Å². The molecule has 0 saturated carbocycles. The molecule has 0 fully saturated rings. The highest BCUT2D eigenvalue weighted by atomic mass is 32.2. The highest BCUT2D eigenvalue weighted by Gasteiger charge is 2.33. The van der Waals surface area contributed by atoms with Crippen LogP contribution in [0.5, 0.6) is 11.5 Å². The Hall–Kier alpha value is -4.08. The molecule has 2 aromatic carbocycles. The number of carbonyl (C=O) groups is 1.